The summed E-state index contributed by atoms with van der Waals surface area (Å²) >= 11 is 0. The number of hydrogen-bond acceptors (Lipinski definition) is 2. The standard InChI is InChI=1S/C23H25N3O/c1-15(2)14-19-20-21(17-12-10-16(3)11-13-17)26(18-8-6-5-7-9-18)23(27)22(20)25(4)24-19/h5-13,15,21H,14H2,1-4H3. The number of hydrogen-bond donors (Lipinski definition) is 0. The van der Waals surface area contributed by atoms with E-state index in [1.807, 2.05) is 42.3 Å². The number of nitrogens with zero attached hydrogens (tertiary/aromatic N) is 3. The molecule has 4 nitrogen and oxygen atoms in total. The van der Waals surface area contributed by atoms with Crippen LogP contribution < -0.4 is 4.90 Å². The molecule has 4 heteroatoms. The van der Waals surface area contributed by atoms with Gasteiger partial charge in [0.25, 0.3) is 5.91 Å². The Kier molecular flexibility index (Phi) is 4.34. The summed E-state index contributed by atoms with van der Waals surface area (Å²) in [6, 6.07) is 18.3. The maximum absolute atomic E-state index is 13.4. The van der Waals surface area contributed by atoms with Crippen molar-refractivity contribution < 1.29 is 4.79 Å². The number of rotatable bonds is 4. The summed E-state index contributed by atoms with van der Waals surface area (Å²) in [6.45, 7) is 6.46. The second kappa shape index (κ2) is 6.69. The number of para-hydroxylation sites is 1. The fourth-order valence-corrected chi connectivity index (χ4v) is 3.95. The smallest absolute Gasteiger partial charge is 0.277 e. The van der Waals surface area contributed by atoms with Gasteiger partial charge in [0, 0.05) is 18.3 Å². The van der Waals surface area contributed by atoms with E-state index in [0.717, 1.165) is 28.9 Å². The lowest BCUT2D eigenvalue weighted by molar-refractivity contribution is 0.0985. The van der Waals surface area contributed by atoms with Crippen molar-refractivity contribution in [3.63, 3.8) is 0 Å². The van der Waals surface area contributed by atoms with Crippen molar-refractivity contribution in [1.82, 2.24) is 9.78 Å². The van der Waals surface area contributed by atoms with Gasteiger partial charge >= 0.3 is 0 Å². The zero-order chi connectivity index (χ0) is 19.1. The number of carbonyl (C=O) groups excluding carboxylic acids is 1. The SMILES string of the molecule is Cc1ccc(C2c3c(CC(C)C)nn(C)c3C(=O)N2c2ccccc2)cc1. The molecule has 1 atom stereocenters. The Morgan fingerprint density at radius 1 is 1.04 bits per heavy atom. The molecule has 0 N–H and O–H groups in total. The first-order valence-corrected chi connectivity index (χ1v) is 9.48. The first-order valence-electron chi connectivity index (χ1n) is 9.48. The topological polar surface area (TPSA) is 38.1 Å². The molecule has 1 aliphatic heterocycles. The van der Waals surface area contributed by atoms with Gasteiger partial charge < -0.3 is 0 Å². The second-order valence-electron chi connectivity index (χ2n) is 7.75. The van der Waals surface area contributed by atoms with Crippen molar-refractivity contribution in [2.24, 2.45) is 13.0 Å². The van der Waals surface area contributed by atoms with E-state index in [2.05, 4.69) is 45.0 Å². The summed E-state index contributed by atoms with van der Waals surface area (Å²) in [5.74, 6) is 0.496. The van der Waals surface area contributed by atoms with Crippen LogP contribution in [0.25, 0.3) is 0 Å². The average Bonchev–Trinajstić information content (AvgIpc) is 3.12. The van der Waals surface area contributed by atoms with Gasteiger partial charge in [0.2, 0.25) is 0 Å². The molecule has 1 unspecified atom stereocenters. The first kappa shape index (κ1) is 17.5. The van der Waals surface area contributed by atoms with Crippen LogP contribution >= 0.6 is 0 Å². The highest BCUT2D eigenvalue weighted by atomic mass is 16.2. The molecule has 0 fully saturated rings. The van der Waals surface area contributed by atoms with E-state index in [9.17, 15) is 4.79 Å². The predicted octanol–water partition coefficient (Wildman–Crippen LogP) is 4.68. The molecular formula is C23H25N3O. The summed E-state index contributed by atoms with van der Waals surface area (Å²) in [5.41, 5.74) is 6.04. The van der Waals surface area contributed by atoms with Gasteiger partial charge in [-0.05, 0) is 37.0 Å². The highest BCUT2D eigenvalue weighted by molar-refractivity contribution is 6.10. The molecule has 1 amide bonds. The quantitative estimate of drug-likeness (QED) is 0.678. The maximum atomic E-state index is 13.4. The zero-order valence-electron chi connectivity index (χ0n) is 16.3. The second-order valence-corrected chi connectivity index (χ2v) is 7.75. The minimum absolute atomic E-state index is 0.0202. The molecule has 27 heavy (non-hydrogen) atoms. The molecular weight excluding hydrogens is 334 g/mol. The largest absolute Gasteiger partial charge is 0.295 e. The van der Waals surface area contributed by atoms with Crippen molar-refractivity contribution in [2.45, 2.75) is 33.2 Å². The van der Waals surface area contributed by atoms with Gasteiger partial charge in [-0.25, -0.2) is 0 Å². The Hall–Kier alpha value is -2.88. The molecule has 0 spiro atoms. The predicted molar refractivity (Wildman–Crippen MR) is 108 cm³/mol. The van der Waals surface area contributed by atoms with Crippen molar-refractivity contribution in [1.29, 1.82) is 0 Å². The van der Waals surface area contributed by atoms with Crippen LogP contribution in [0.2, 0.25) is 0 Å². The fraction of sp³-hybridized carbons (Fsp3) is 0.304. The molecule has 0 saturated heterocycles. The van der Waals surface area contributed by atoms with Gasteiger partial charge in [-0.1, -0.05) is 61.9 Å². The number of fused-ring (bicyclic) bond motifs is 1. The minimum atomic E-state index is -0.141. The highest BCUT2D eigenvalue weighted by Gasteiger charge is 2.43. The van der Waals surface area contributed by atoms with Crippen LogP contribution in [0.15, 0.2) is 54.6 Å². The normalized spacial score (nSPS) is 16.3. The molecule has 0 radical (unpaired) electrons. The van der Waals surface area contributed by atoms with Crippen LogP contribution in [0.3, 0.4) is 0 Å². The molecule has 0 aliphatic carbocycles. The number of anilines is 1. The highest BCUT2D eigenvalue weighted by Crippen LogP contribution is 2.43. The lowest BCUT2D eigenvalue weighted by atomic mass is 9.94. The molecule has 1 aliphatic rings. The van der Waals surface area contributed by atoms with Gasteiger partial charge in [0.1, 0.15) is 5.69 Å². The summed E-state index contributed by atoms with van der Waals surface area (Å²) in [5, 5.41) is 4.71. The van der Waals surface area contributed by atoms with Gasteiger partial charge in [-0.3, -0.25) is 14.4 Å². The van der Waals surface area contributed by atoms with Gasteiger partial charge in [-0.2, -0.15) is 5.10 Å². The molecule has 0 bridgehead atoms. The Morgan fingerprint density at radius 3 is 2.33 bits per heavy atom. The number of aryl methyl sites for hydroxylation is 2. The lowest BCUT2D eigenvalue weighted by Crippen LogP contribution is -2.30. The number of benzene rings is 2. The molecule has 3 aromatic rings. The Bertz CT molecular complexity index is 971. The molecule has 0 saturated carbocycles. The van der Waals surface area contributed by atoms with Crippen molar-refractivity contribution in [3.8, 4) is 0 Å². The number of amides is 1. The Labute approximate surface area is 160 Å². The van der Waals surface area contributed by atoms with Gasteiger partial charge in [-0.15, -0.1) is 0 Å². The maximum Gasteiger partial charge on any atom is 0.277 e. The lowest BCUT2D eigenvalue weighted by Gasteiger charge is -2.27. The summed E-state index contributed by atoms with van der Waals surface area (Å²) in [6.07, 6.45) is 0.863. The van der Waals surface area contributed by atoms with Crippen LogP contribution in [0.5, 0.6) is 0 Å². The van der Waals surface area contributed by atoms with E-state index >= 15 is 0 Å². The van der Waals surface area contributed by atoms with Gasteiger partial charge in [0.05, 0.1) is 11.7 Å². The van der Waals surface area contributed by atoms with Crippen molar-refractivity contribution in [3.05, 3.63) is 82.7 Å². The summed E-state index contributed by atoms with van der Waals surface area (Å²) in [7, 11) is 1.88. The molecule has 138 valence electrons. The van der Waals surface area contributed by atoms with Crippen LogP contribution in [-0.2, 0) is 13.5 Å². The Morgan fingerprint density at radius 2 is 1.70 bits per heavy atom. The zero-order valence-corrected chi connectivity index (χ0v) is 16.3. The Balaban J connectivity index is 1.93. The van der Waals surface area contributed by atoms with E-state index in [1.54, 1.807) is 4.68 Å². The van der Waals surface area contributed by atoms with Crippen LogP contribution in [-0.4, -0.2) is 15.7 Å². The summed E-state index contributed by atoms with van der Waals surface area (Å²) < 4.78 is 1.76. The fourth-order valence-electron chi connectivity index (χ4n) is 3.95. The van der Waals surface area contributed by atoms with Crippen molar-refractivity contribution >= 4 is 11.6 Å². The van der Waals surface area contributed by atoms with E-state index in [1.165, 1.54) is 5.56 Å². The average molecular weight is 359 g/mol. The van der Waals surface area contributed by atoms with Crippen molar-refractivity contribution in [2.75, 3.05) is 4.90 Å². The third-order valence-electron chi connectivity index (χ3n) is 5.14. The summed E-state index contributed by atoms with van der Waals surface area (Å²) in [4.78, 5) is 15.4. The minimum Gasteiger partial charge on any atom is -0.295 e. The molecule has 2 aromatic carbocycles. The first-order chi connectivity index (χ1) is 13.0. The number of carbonyl (C=O) groups is 1. The van der Waals surface area contributed by atoms with E-state index < -0.39 is 0 Å². The third-order valence-corrected chi connectivity index (χ3v) is 5.14. The molecule has 2 heterocycles. The monoisotopic (exact) mass is 359 g/mol. The molecule has 4 rings (SSSR count). The van der Waals surface area contributed by atoms with E-state index in [-0.39, 0.29) is 11.9 Å². The van der Waals surface area contributed by atoms with Crippen LogP contribution in [0.4, 0.5) is 5.69 Å². The van der Waals surface area contributed by atoms with Crippen LogP contribution in [0, 0.1) is 12.8 Å². The molecule has 1 aromatic heterocycles. The van der Waals surface area contributed by atoms with E-state index in [0.29, 0.717) is 11.6 Å². The van der Waals surface area contributed by atoms with Gasteiger partial charge in [0.15, 0.2) is 0 Å². The van der Waals surface area contributed by atoms with E-state index in [4.69, 9.17) is 5.10 Å². The van der Waals surface area contributed by atoms with Crippen LogP contribution in [0.1, 0.15) is 52.8 Å². The number of aromatic nitrogens is 2. The third kappa shape index (κ3) is 2.95.